The molecule has 102 valence electrons. The fraction of sp³-hybridized carbons (Fsp3) is 0.167. The number of carboxylic acid groups (broad SMARTS) is 1. The lowest BCUT2D eigenvalue weighted by molar-refractivity contribution is -0.131. The van der Waals surface area contributed by atoms with Crippen molar-refractivity contribution in [3.05, 3.63) is 46.5 Å². The second-order valence-electron chi connectivity index (χ2n) is 3.72. The van der Waals surface area contributed by atoms with Gasteiger partial charge in [-0.05, 0) is 29.3 Å². The maximum atomic E-state index is 10.5. The van der Waals surface area contributed by atoms with Crippen molar-refractivity contribution in [1.82, 2.24) is 5.32 Å². The Labute approximate surface area is 114 Å². The smallest absolute Gasteiger partial charge is 0.328 e. The zero-order valence-electron chi connectivity index (χ0n) is 9.79. The monoisotopic (exact) mass is 284 g/mol. The van der Waals surface area contributed by atoms with Crippen LogP contribution >= 0.6 is 11.6 Å². The summed E-state index contributed by atoms with van der Waals surface area (Å²) in [5, 5.41) is 20.7. The van der Waals surface area contributed by atoms with Crippen LogP contribution in [0.4, 0.5) is 0 Å². The Balaban J connectivity index is 3.14. The molecule has 0 aliphatic heterocycles. The molecule has 0 aliphatic carbocycles. The molecule has 1 amide bonds. The van der Waals surface area contributed by atoms with Crippen molar-refractivity contribution in [3.8, 4) is 0 Å². The number of aliphatic carboxylic acids is 1. The number of aliphatic hydroxyl groups is 1. The topological polar surface area (TPSA) is 113 Å². The molecule has 0 heterocycles. The first kappa shape index (κ1) is 15.2. The van der Waals surface area contributed by atoms with E-state index >= 15 is 0 Å². The Morgan fingerprint density at radius 2 is 2.00 bits per heavy atom. The van der Waals surface area contributed by atoms with Crippen LogP contribution in [-0.4, -0.2) is 22.6 Å². The third-order valence-electron chi connectivity index (χ3n) is 2.32. The van der Waals surface area contributed by atoms with Crippen LogP contribution in [0, 0.1) is 0 Å². The van der Waals surface area contributed by atoms with Gasteiger partial charge in [-0.25, -0.2) is 4.79 Å². The van der Waals surface area contributed by atoms with Gasteiger partial charge in [-0.1, -0.05) is 17.7 Å². The average Bonchev–Trinajstić information content (AvgIpc) is 2.33. The van der Waals surface area contributed by atoms with Gasteiger partial charge in [0.2, 0.25) is 6.41 Å². The largest absolute Gasteiger partial charge is 0.478 e. The van der Waals surface area contributed by atoms with E-state index in [2.05, 4.69) is 5.32 Å². The maximum absolute atomic E-state index is 10.5. The maximum Gasteiger partial charge on any atom is 0.328 e. The first-order valence-corrected chi connectivity index (χ1v) is 5.66. The molecule has 1 unspecified atom stereocenters. The number of hydrogen-bond donors (Lipinski definition) is 4. The van der Waals surface area contributed by atoms with Crippen molar-refractivity contribution in [3.63, 3.8) is 0 Å². The Bertz CT molecular complexity index is 503. The molecule has 0 aliphatic rings. The van der Waals surface area contributed by atoms with E-state index in [0.29, 0.717) is 22.6 Å². The number of carbonyl (C=O) groups is 2. The Morgan fingerprint density at radius 3 is 2.53 bits per heavy atom. The summed E-state index contributed by atoms with van der Waals surface area (Å²) in [5.41, 5.74) is 6.22. The number of carbonyl (C=O) groups excluding carboxylic acids is 1. The zero-order valence-corrected chi connectivity index (χ0v) is 10.5. The van der Waals surface area contributed by atoms with Crippen molar-refractivity contribution in [2.45, 2.75) is 12.3 Å². The number of halogens is 1. The summed E-state index contributed by atoms with van der Waals surface area (Å²) in [6.07, 6.45) is 1.42. The quantitative estimate of drug-likeness (QED) is 0.349. The van der Waals surface area contributed by atoms with Crippen molar-refractivity contribution in [1.29, 1.82) is 0 Å². The van der Waals surface area contributed by atoms with Crippen LogP contribution < -0.4 is 11.1 Å². The molecule has 0 radical (unpaired) electrons. The minimum Gasteiger partial charge on any atom is -0.478 e. The van der Waals surface area contributed by atoms with Crippen LogP contribution in [-0.2, 0) is 9.59 Å². The normalized spacial score (nSPS) is 14.1. The summed E-state index contributed by atoms with van der Waals surface area (Å²) in [6, 6.07) is 3.88. The van der Waals surface area contributed by atoms with Gasteiger partial charge in [-0.15, -0.1) is 0 Å². The van der Waals surface area contributed by atoms with E-state index < -0.39 is 18.2 Å². The van der Waals surface area contributed by atoms with Crippen LogP contribution in [0.15, 0.2) is 30.4 Å². The highest BCUT2D eigenvalue weighted by molar-refractivity contribution is 6.30. The molecular formula is C12H13ClN2O4. The second-order valence-corrected chi connectivity index (χ2v) is 4.16. The molecule has 0 aromatic heterocycles. The highest BCUT2D eigenvalue weighted by atomic mass is 35.5. The molecule has 0 saturated heterocycles. The van der Waals surface area contributed by atoms with Crippen LogP contribution in [0.3, 0.4) is 0 Å². The SMILES string of the molecule is N[C@@H](O)c1cc(Cl)cc(C(/C=C\C(=O)O)NC=O)c1. The first-order valence-electron chi connectivity index (χ1n) is 5.29. The van der Waals surface area contributed by atoms with Gasteiger partial charge in [-0.3, -0.25) is 4.79 Å². The average molecular weight is 285 g/mol. The predicted octanol–water partition coefficient (Wildman–Crippen LogP) is 0.718. The molecule has 0 fully saturated rings. The summed E-state index contributed by atoms with van der Waals surface area (Å²) in [4.78, 5) is 21.0. The van der Waals surface area contributed by atoms with Gasteiger partial charge < -0.3 is 21.3 Å². The molecule has 7 heteroatoms. The summed E-state index contributed by atoms with van der Waals surface area (Å²) in [6.45, 7) is 0. The van der Waals surface area contributed by atoms with Crippen molar-refractivity contribution in [2.24, 2.45) is 5.73 Å². The van der Waals surface area contributed by atoms with E-state index in [9.17, 15) is 14.7 Å². The van der Waals surface area contributed by atoms with E-state index in [4.69, 9.17) is 22.4 Å². The van der Waals surface area contributed by atoms with E-state index in [1.807, 2.05) is 0 Å². The van der Waals surface area contributed by atoms with Crippen LogP contribution in [0.25, 0.3) is 0 Å². The minimum atomic E-state index is -1.21. The molecular weight excluding hydrogens is 272 g/mol. The third-order valence-corrected chi connectivity index (χ3v) is 2.54. The molecule has 5 N–H and O–H groups in total. The van der Waals surface area contributed by atoms with Gasteiger partial charge in [0.1, 0.15) is 6.23 Å². The summed E-state index contributed by atoms with van der Waals surface area (Å²) in [5.74, 6) is -1.14. The molecule has 0 saturated carbocycles. The van der Waals surface area contributed by atoms with E-state index in [0.717, 1.165) is 6.08 Å². The number of amides is 1. The van der Waals surface area contributed by atoms with Crippen LogP contribution in [0.2, 0.25) is 5.02 Å². The lowest BCUT2D eigenvalue weighted by Gasteiger charge is -2.15. The number of rotatable bonds is 6. The van der Waals surface area contributed by atoms with E-state index in [-0.39, 0.29) is 0 Å². The minimum absolute atomic E-state index is 0.318. The van der Waals surface area contributed by atoms with Gasteiger partial charge in [0.15, 0.2) is 0 Å². The van der Waals surface area contributed by atoms with Crippen LogP contribution in [0.5, 0.6) is 0 Å². The highest BCUT2D eigenvalue weighted by Crippen LogP contribution is 2.23. The van der Waals surface area contributed by atoms with E-state index in [1.54, 1.807) is 6.07 Å². The summed E-state index contributed by atoms with van der Waals surface area (Å²) in [7, 11) is 0. The number of aliphatic hydroxyl groups excluding tert-OH is 1. The van der Waals surface area contributed by atoms with Gasteiger partial charge in [0.05, 0.1) is 6.04 Å². The number of hydrogen-bond acceptors (Lipinski definition) is 4. The standard InChI is InChI=1S/C12H13ClN2O4/c13-9-4-7(3-8(5-9)12(14)19)10(15-6-16)1-2-11(17)18/h1-6,10,12,19H,14H2,(H,15,16)(H,17,18)/b2-1-/t10?,12-/m0/s1. The number of nitrogens with one attached hydrogen (secondary N) is 1. The van der Waals surface area contributed by atoms with Crippen molar-refractivity contribution >= 4 is 24.0 Å². The van der Waals surface area contributed by atoms with Gasteiger partial charge in [0, 0.05) is 11.1 Å². The Hall–Kier alpha value is -1.89. The molecule has 1 aromatic rings. The molecule has 19 heavy (non-hydrogen) atoms. The predicted molar refractivity (Wildman–Crippen MR) is 69.3 cm³/mol. The van der Waals surface area contributed by atoms with Crippen molar-refractivity contribution < 1.29 is 19.8 Å². The van der Waals surface area contributed by atoms with Gasteiger partial charge in [-0.2, -0.15) is 0 Å². The third kappa shape index (κ3) is 4.70. The fourth-order valence-corrected chi connectivity index (χ4v) is 1.75. The number of nitrogens with two attached hydrogens (primary N) is 1. The van der Waals surface area contributed by atoms with E-state index in [1.165, 1.54) is 18.2 Å². The number of benzene rings is 1. The molecule has 6 nitrogen and oxygen atoms in total. The second kappa shape index (κ2) is 6.89. The summed E-state index contributed by atoms with van der Waals surface area (Å²) < 4.78 is 0. The lowest BCUT2D eigenvalue weighted by atomic mass is 10.0. The molecule has 1 aromatic carbocycles. The lowest BCUT2D eigenvalue weighted by Crippen LogP contribution is -2.18. The van der Waals surface area contributed by atoms with Gasteiger partial charge >= 0.3 is 5.97 Å². The first-order chi connectivity index (χ1) is 8.93. The van der Waals surface area contributed by atoms with Crippen LogP contribution in [0.1, 0.15) is 23.4 Å². The Kier molecular flexibility index (Phi) is 5.50. The van der Waals surface area contributed by atoms with Gasteiger partial charge in [0.25, 0.3) is 0 Å². The molecule has 0 bridgehead atoms. The summed E-state index contributed by atoms with van der Waals surface area (Å²) >= 11 is 5.88. The zero-order chi connectivity index (χ0) is 14.4. The fourth-order valence-electron chi connectivity index (χ4n) is 1.50. The molecule has 2 atom stereocenters. The Morgan fingerprint density at radius 1 is 1.37 bits per heavy atom. The molecule has 1 rings (SSSR count). The highest BCUT2D eigenvalue weighted by Gasteiger charge is 2.11. The molecule has 0 spiro atoms. The van der Waals surface area contributed by atoms with Crippen molar-refractivity contribution in [2.75, 3.05) is 0 Å². The number of carboxylic acids is 1.